The van der Waals surface area contributed by atoms with Gasteiger partial charge < -0.3 is 14.8 Å². The highest BCUT2D eigenvalue weighted by Crippen LogP contribution is 2.23. The molecule has 0 bridgehead atoms. The molecule has 0 saturated carbocycles. The predicted molar refractivity (Wildman–Crippen MR) is 76.5 cm³/mol. The van der Waals surface area contributed by atoms with E-state index in [4.69, 9.17) is 11.6 Å². The average Bonchev–Trinajstić information content (AvgIpc) is 2.77. The lowest BCUT2D eigenvalue weighted by Crippen LogP contribution is -2.21. The highest BCUT2D eigenvalue weighted by atomic mass is 35.5. The molecule has 0 atom stereocenters. The zero-order valence-electron chi connectivity index (χ0n) is 11.3. The van der Waals surface area contributed by atoms with Gasteiger partial charge in [0, 0.05) is 33.0 Å². The Morgan fingerprint density at radius 2 is 2.21 bits per heavy atom. The van der Waals surface area contributed by atoms with Crippen molar-refractivity contribution in [3.63, 3.8) is 0 Å². The third-order valence-electron chi connectivity index (χ3n) is 2.72. The van der Waals surface area contributed by atoms with Crippen LogP contribution in [0.3, 0.4) is 0 Å². The second-order valence-electron chi connectivity index (χ2n) is 4.21. The molecular formula is C12H17ClN6. The van der Waals surface area contributed by atoms with Crippen LogP contribution < -0.4 is 10.2 Å². The summed E-state index contributed by atoms with van der Waals surface area (Å²) in [5.41, 5.74) is 0. The molecular weight excluding hydrogens is 264 g/mol. The summed E-state index contributed by atoms with van der Waals surface area (Å²) in [6.07, 6.45) is 5.29. The van der Waals surface area contributed by atoms with E-state index in [1.165, 1.54) is 0 Å². The van der Waals surface area contributed by atoms with E-state index in [9.17, 15) is 0 Å². The smallest absolute Gasteiger partial charge is 0.224 e. The molecule has 1 N–H and O–H groups in total. The van der Waals surface area contributed by atoms with Crippen molar-refractivity contribution in [2.45, 2.75) is 13.5 Å². The fraction of sp³-hybridized carbons (Fsp3) is 0.417. The Hall–Kier alpha value is -1.82. The number of hydrogen-bond donors (Lipinski definition) is 1. The van der Waals surface area contributed by atoms with Crippen molar-refractivity contribution in [1.29, 1.82) is 0 Å². The summed E-state index contributed by atoms with van der Waals surface area (Å²) in [6.45, 7) is 3.39. The number of aromatic nitrogens is 4. The highest BCUT2D eigenvalue weighted by molar-refractivity contribution is 6.32. The van der Waals surface area contributed by atoms with Gasteiger partial charge >= 0.3 is 0 Å². The van der Waals surface area contributed by atoms with Crippen molar-refractivity contribution in [3.8, 4) is 0 Å². The standard InChI is InChI=1S/C12H17ClN6/c1-4-14-12-16-7-9(13)11(17-12)19(3)8-10-15-5-6-18(10)2/h5-7H,4,8H2,1-3H3,(H,14,16,17). The van der Waals surface area contributed by atoms with E-state index in [1.54, 1.807) is 12.4 Å². The van der Waals surface area contributed by atoms with Crippen LogP contribution in [0.1, 0.15) is 12.7 Å². The molecule has 0 fully saturated rings. The van der Waals surface area contributed by atoms with E-state index < -0.39 is 0 Å². The molecule has 0 amide bonds. The van der Waals surface area contributed by atoms with Crippen LogP contribution in [-0.4, -0.2) is 33.1 Å². The Bertz CT molecular complexity index is 553. The van der Waals surface area contributed by atoms with Gasteiger partial charge in [0.25, 0.3) is 0 Å². The van der Waals surface area contributed by atoms with Crippen LogP contribution in [0.15, 0.2) is 18.6 Å². The van der Waals surface area contributed by atoms with Crippen molar-refractivity contribution in [2.24, 2.45) is 7.05 Å². The SMILES string of the molecule is CCNc1ncc(Cl)c(N(C)Cc2nccn2C)n1. The Labute approximate surface area is 117 Å². The summed E-state index contributed by atoms with van der Waals surface area (Å²) in [7, 11) is 3.89. The largest absolute Gasteiger partial charge is 0.354 e. The normalized spacial score (nSPS) is 10.5. The molecule has 2 aromatic rings. The van der Waals surface area contributed by atoms with Gasteiger partial charge in [-0.25, -0.2) is 9.97 Å². The van der Waals surface area contributed by atoms with Gasteiger partial charge in [-0.2, -0.15) is 4.98 Å². The summed E-state index contributed by atoms with van der Waals surface area (Å²) in [4.78, 5) is 14.8. The van der Waals surface area contributed by atoms with Crippen molar-refractivity contribution in [1.82, 2.24) is 19.5 Å². The third kappa shape index (κ3) is 3.14. The molecule has 19 heavy (non-hydrogen) atoms. The fourth-order valence-electron chi connectivity index (χ4n) is 1.70. The average molecular weight is 281 g/mol. The van der Waals surface area contributed by atoms with Crippen molar-refractivity contribution >= 4 is 23.4 Å². The van der Waals surface area contributed by atoms with Gasteiger partial charge in [0.1, 0.15) is 10.8 Å². The van der Waals surface area contributed by atoms with Crippen LogP contribution in [0, 0.1) is 0 Å². The van der Waals surface area contributed by atoms with Crippen LogP contribution in [0.2, 0.25) is 5.02 Å². The van der Waals surface area contributed by atoms with Crippen LogP contribution in [0.25, 0.3) is 0 Å². The lowest BCUT2D eigenvalue weighted by molar-refractivity contribution is 0.754. The molecule has 0 spiro atoms. The Morgan fingerprint density at radius 3 is 2.84 bits per heavy atom. The van der Waals surface area contributed by atoms with Gasteiger partial charge in [0.05, 0.1) is 12.7 Å². The van der Waals surface area contributed by atoms with E-state index in [0.29, 0.717) is 23.3 Å². The van der Waals surface area contributed by atoms with Crippen LogP contribution in [-0.2, 0) is 13.6 Å². The molecule has 0 aliphatic rings. The quantitative estimate of drug-likeness (QED) is 0.907. The molecule has 7 heteroatoms. The maximum absolute atomic E-state index is 6.15. The first-order valence-electron chi connectivity index (χ1n) is 6.05. The maximum atomic E-state index is 6.15. The number of anilines is 2. The first-order chi connectivity index (χ1) is 9.11. The monoisotopic (exact) mass is 280 g/mol. The van der Waals surface area contributed by atoms with Gasteiger partial charge in [-0.05, 0) is 6.92 Å². The van der Waals surface area contributed by atoms with Crippen molar-refractivity contribution in [3.05, 3.63) is 29.4 Å². The first-order valence-corrected chi connectivity index (χ1v) is 6.43. The Kier molecular flexibility index (Phi) is 4.21. The number of imidazole rings is 1. The number of rotatable bonds is 5. The molecule has 0 aliphatic carbocycles. The number of nitrogens with one attached hydrogen (secondary N) is 1. The number of hydrogen-bond acceptors (Lipinski definition) is 5. The maximum Gasteiger partial charge on any atom is 0.224 e. The molecule has 0 aliphatic heterocycles. The van der Waals surface area contributed by atoms with E-state index in [1.807, 2.05) is 36.7 Å². The van der Waals surface area contributed by atoms with Gasteiger partial charge in [-0.1, -0.05) is 11.6 Å². The van der Waals surface area contributed by atoms with E-state index >= 15 is 0 Å². The summed E-state index contributed by atoms with van der Waals surface area (Å²) >= 11 is 6.15. The van der Waals surface area contributed by atoms with Crippen LogP contribution in [0.5, 0.6) is 0 Å². The summed E-state index contributed by atoms with van der Waals surface area (Å²) in [6, 6.07) is 0. The minimum Gasteiger partial charge on any atom is -0.354 e. The molecule has 2 aromatic heterocycles. The van der Waals surface area contributed by atoms with Crippen LogP contribution in [0.4, 0.5) is 11.8 Å². The predicted octanol–water partition coefficient (Wildman–Crippen LogP) is 1.93. The first kappa shape index (κ1) is 13.6. The summed E-state index contributed by atoms with van der Waals surface area (Å²) in [5, 5.41) is 3.60. The summed E-state index contributed by atoms with van der Waals surface area (Å²) in [5.74, 6) is 2.21. The minimum absolute atomic E-state index is 0.526. The molecule has 0 saturated heterocycles. The number of halogens is 1. The van der Waals surface area contributed by atoms with E-state index in [0.717, 1.165) is 12.4 Å². The zero-order valence-corrected chi connectivity index (χ0v) is 12.0. The fourth-order valence-corrected chi connectivity index (χ4v) is 1.94. The second kappa shape index (κ2) is 5.88. The zero-order chi connectivity index (χ0) is 13.8. The van der Waals surface area contributed by atoms with Crippen molar-refractivity contribution < 1.29 is 0 Å². The topological polar surface area (TPSA) is 58.9 Å². The highest BCUT2D eigenvalue weighted by Gasteiger charge is 2.12. The molecule has 102 valence electrons. The lowest BCUT2D eigenvalue weighted by atomic mass is 10.4. The Balaban J connectivity index is 2.20. The summed E-state index contributed by atoms with van der Waals surface area (Å²) < 4.78 is 1.97. The lowest BCUT2D eigenvalue weighted by Gasteiger charge is -2.19. The van der Waals surface area contributed by atoms with Gasteiger partial charge in [0.2, 0.25) is 5.95 Å². The molecule has 2 heterocycles. The van der Waals surface area contributed by atoms with Crippen LogP contribution >= 0.6 is 11.6 Å². The molecule has 2 rings (SSSR count). The third-order valence-corrected chi connectivity index (χ3v) is 2.99. The second-order valence-corrected chi connectivity index (χ2v) is 4.61. The van der Waals surface area contributed by atoms with E-state index in [2.05, 4.69) is 20.3 Å². The molecule has 0 radical (unpaired) electrons. The Morgan fingerprint density at radius 1 is 1.42 bits per heavy atom. The van der Waals surface area contributed by atoms with Crippen molar-refractivity contribution in [2.75, 3.05) is 23.8 Å². The minimum atomic E-state index is 0.526. The molecule has 0 aromatic carbocycles. The van der Waals surface area contributed by atoms with Gasteiger partial charge in [-0.15, -0.1) is 0 Å². The van der Waals surface area contributed by atoms with Gasteiger partial charge in [-0.3, -0.25) is 0 Å². The number of aryl methyl sites for hydroxylation is 1. The van der Waals surface area contributed by atoms with Gasteiger partial charge in [0.15, 0.2) is 5.82 Å². The molecule has 0 unspecified atom stereocenters. The number of nitrogens with zero attached hydrogens (tertiary/aromatic N) is 5. The molecule has 6 nitrogen and oxygen atoms in total. The van der Waals surface area contributed by atoms with E-state index in [-0.39, 0.29) is 0 Å².